The monoisotopic (exact) mass is 227 g/mol. The number of nitriles is 1. The number of amides is 1. The lowest BCUT2D eigenvalue weighted by Crippen LogP contribution is -2.42. The normalized spacial score (nSPS) is 13.6. The average Bonchev–Trinajstić information content (AvgIpc) is 2.26. The van der Waals surface area contributed by atoms with Crippen molar-refractivity contribution in [1.82, 2.24) is 5.32 Å². The first-order valence-electron chi connectivity index (χ1n) is 5.15. The second-order valence-corrected chi connectivity index (χ2v) is 3.53. The summed E-state index contributed by atoms with van der Waals surface area (Å²) in [5.74, 6) is -2.48. The number of aliphatic carboxylic acids is 1. The van der Waals surface area contributed by atoms with Gasteiger partial charge in [-0.2, -0.15) is 5.26 Å². The molecule has 4 N–H and O–H groups in total. The molecule has 1 amide bonds. The molecule has 90 valence electrons. The summed E-state index contributed by atoms with van der Waals surface area (Å²) in [4.78, 5) is 22.1. The number of nitrogens with zero attached hydrogens (tertiary/aromatic N) is 1. The SMILES string of the molecule is CC(C#N)C(=O)NC(CCCCN)C(=O)O. The first kappa shape index (κ1) is 14.4. The van der Waals surface area contributed by atoms with Crippen LogP contribution in [0, 0.1) is 17.2 Å². The molecular formula is C10H17N3O3. The minimum atomic E-state index is -1.09. The Morgan fingerprint density at radius 1 is 1.50 bits per heavy atom. The van der Waals surface area contributed by atoms with Gasteiger partial charge in [0.05, 0.1) is 6.07 Å². The van der Waals surface area contributed by atoms with Crippen LogP contribution in [0.25, 0.3) is 0 Å². The Labute approximate surface area is 94.4 Å². The van der Waals surface area contributed by atoms with Gasteiger partial charge >= 0.3 is 5.97 Å². The lowest BCUT2D eigenvalue weighted by atomic mass is 10.1. The molecule has 0 aliphatic heterocycles. The molecule has 0 radical (unpaired) electrons. The maximum absolute atomic E-state index is 11.3. The minimum absolute atomic E-state index is 0.330. The summed E-state index contributed by atoms with van der Waals surface area (Å²) in [5, 5.41) is 19.7. The van der Waals surface area contributed by atoms with Gasteiger partial charge in [-0.1, -0.05) is 0 Å². The van der Waals surface area contributed by atoms with Crippen molar-refractivity contribution in [3.05, 3.63) is 0 Å². The quantitative estimate of drug-likeness (QED) is 0.523. The number of carbonyl (C=O) groups excluding carboxylic acids is 1. The molecule has 2 atom stereocenters. The van der Waals surface area contributed by atoms with Crippen molar-refractivity contribution in [1.29, 1.82) is 5.26 Å². The Morgan fingerprint density at radius 3 is 2.56 bits per heavy atom. The van der Waals surface area contributed by atoms with E-state index >= 15 is 0 Å². The Hall–Kier alpha value is -1.61. The van der Waals surface area contributed by atoms with Gasteiger partial charge in [-0.05, 0) is 32.7 Å². The van der Waals surface area contributed by atoms with E-state index in [1.165, 1.54) is 6.92 Å². The average molecular weight is 227 g/mol. The highest BCUT2D eigenvalue weighted by molar-refractivity contribution is 5.86. The smallest absolute Gasteiger partial charge is 0.326 e. The van der Waals surface area contributed by atoms with Crippen LogP contribution in [0.1, 0.15) is 26.2 Å². The van der Waals surface area contributed by atoms with Crippen molar-refractivity contribution < 1.29 is 14.7 Å². The van der Waals surface area contributed by atoms with Gasteiger partial charge in [0.2, 0.25) is 5.91 Å². The molecule has 0 heterocycles. The van der Waals surface area contributed by atoms with E-state index in [0.717, 1.165) is 0 Å². The van der Waals surface area contributed by atoms with Gasteiger partial charge in [-0.3, -0.25) is 4.79 Å². The zero-order valence-corrected chi connectivity index (χ0v) is 9.27. The Morgan fingerprint density at radius 2 is 2.12 bits per heavy atom. The Balaban J connectivity index is 4.19. The first-order valence-corrected chi connectivity index (χ1v) is 5.15. The summed E-state index contributed by atoms with van der Waals surface area (Å²) < 4.78 is 0. The van der Waals surface area contributed by atoms with Gasteiger partial charge < -0.3 is 16.2 Å². The molecule has 0 aliphatic rings. The van der Waals surface area contributed by atoms with Gasteiger partial charge in [0.1, 0.15) is 12.0 Å². The fraction of sp³-hybridized carbons (Fsp3) is 0.700. The number of nitrogens with one attached hydrogen (secondary N) is 1. The predicted molar refractivity (Wildman–Crippen MR) is 57.2 cm³/mol. The summed E-state index contributed by atoms with van der Waals surface area (Å²) in [5.41, 5.74) is 5.28. The maximum atomic E-state index is 11.3. The molecule has 2 unspecified atom stereocenters. The number of carboxylic acids is 1. The van der Waals surface area contributed by atoms with Crippen LogP contribution in [-0.4, -0.2) is 29.6 Å². The molecule has 0 saturated heterocycles. The van der Waals surface area contributed by atoms with Crippen LogP contribution in [0.3, 0.4) is 0 Å². The molecule has 0 aromatic rings. The number of nitrogens with two attached hydrogens (primary N) is 1. The summed E-state index contributed by atoms with van der Waals surface area (Å²) in [6.45, 7) is 1.92. The van der Waals surface area contributed by atoms with Crippen LogP contribution >= 0.6 is 0 Å². The van der Waals surface area contributed by atoms with Crippen LogP contribution in [0.2, 0.25) is 0 Å². The highest BCUT2D eigenvalue weighted by Crippen LogP contribution is 2.02. The van der Waals surface area contributed by atoms with Crippen LogP contribution < -0.4 is 11.1 Å². The van der Waals surface area contributed by atoms with Gasteiger partial charge in [-0.15, -0.1) is 0 Å². The van der Waals surface area contributed by atoms with Crippen molar-refractivity contribution in [2.75, 3.05) is 6.54 Å². The molecule has 0 aliphatic carbocycles. The van der Waals surface area contributed by atoms with E-state index in [2.05, 4.69) is 5.32 Å². The van der Waals surface area contributed by atoms with E-state index in [1.54, 1.807) is 6.07 Å². The van der Waals surface area contributed by atoms with E-state index in [1.807, 2.05) is 0 Å². The van der Waals surface area contributed by atoms with Crippen molar-refractivity contribution in [2.45, 2.75) is 32.2 Å². The van der Waals surface area contributed by atoms with Gasteiger partial charge in [0.15, 0.2) is 0 Å². The topological polar surface area (TPSA) is 116 Å². The van der Waals surface area contributed by atoms with Crippen LogP contribution in [0.15, 0.2) is 0 Å². The highest BCUT2D eigenvalue weighted by atomic mass is 16.4. The first-order chi connectivity index (χ1) is 7.52. The molecule has 0 bridgehead atoms. The number of unbranched alkanes of at least 4 members (excludes halogenated alkanes) is 1. The molecule has 0 spiro atoms. The maximum Gasteiger partial charge on any atom is 0.326 e. The van der Waals surface area contributed by atoms with Crippen molar-refractivity contribution in [3.63, 3.8) is 0 Å². The van der Waals surface area contributed by atoms with Crippen molar-refractivity contribution in [3.8, 4) is 6.07 Å². The molecule has 0 saturated carbocycles. The highest BCUT2D eigenvalue weighted by Gasteiger charge is 2.22. The zero-order chi connectivity index (χ0) is 12.6. The molecule has 0 aromatic heterocycles. The zero-order valence-electron chi connectivity index (χ0n) is 9.27. The lowest BCUT2D eigenvalue weighted by molar-refractivity contribution is -0.142. The summed E-state index contributed by atoms with van der Waals surface area (Å²) in [7, 11) is 0. The molecule has 0 aromatic carbocycles. The van der Waals surface area contributed by atoms with Gasteiger partial charge in [0.25, 0.3) is 0 Å². The number of carboxylic acid groups (broad SMARTS) is 1. The molecule has 0 rings (SSSR count). The summed E-state index contributed by atoms with van der Waals surface area (Å²) in [6, 6.07) is 0.816. The third kappa shape index (κ3) is 5.32. The van der Waals surface area contributed by atoms with Crippen molar-refractivity contribution in [2.24, 2.45) is 11.7 Å². The number of hydrogen-bond acceptors (Lipinski definition) is 4. The van der Waals surface area contributed by atoms with E-state index in [-0.39, 0.29) is 0 Å². The Bertz CT molecular complexity index is 286. The molecule has 6 nitrogen and oxygen atoms in total. The minimum Gasteiger partial charge on any atom is -0.480 e. The molecular weight excluding hydrogens is 210 g/mol. The summed E-state index contributed by atoms with van der Waals surface area (Å²) in [6.07, 6.45) is 1.68. The second kappa shape index (κ2) is 7.65. The third-order valence-corrected chi connectivity index (χ3v) is 2.15. The van der Waals surface area contributed by atoms with E-state index < -0.39 is 23.8 Å². The van der Waals surface area contributed by atoms with Crippen LogP contribution in [0.5, 0.6) is 0 Å². The Kier molecular flexibility index (Phi) is 6.88. The molecule has 6 heteroatoms. The van der Waals surface area contributed by atoms with Gasteiger partial charge in [0, 0.05) is 0 Å². The second-order valence-electron chi connectivity index (χ2n) is 3.53. The van der Waals surface area contributed by atoms with Gasteiger partial charge in [-0.25, -0.2) is 4.79 Å². The fourth-order valence-electron chi connectivity index (χ4n) is 1.11. The number of hydrogen-bond donors (Lipinski definition) is 3. The fourth-order valence-corrected chi connectivity index (χ4v) is 1.11. The van der Waals surface area contributed by atoms with E-state index in [9.17, 15) is 9.59 Å². The predicted octanol–water partition coefficient (Wildman–Crippen LogP) is -0.156. The summed E-state index contributed by atoms with van der Waals surface area (Å²) >= 11 is 0. The third-order valence-electron chi connectivity index (χ3n) is 2.15. The van der Waals surface area contributed by atoms with E-state index in [0.29, 0.717) is 25.8 Å². The van der Waals surface area contributed by atoms with Crippen LogP contribution in [0.4, 0.5) is 0 Å². The largest absolute Gasteiger partial charge is 0.480 e. The van der Waals surface area contributed by atoms with Crippen molar-refractivity contribution >= 4 is 11.9 Å². The van der Waals surface area contributed by atoms with Crippen LogP contribution in [-0.2, 0) is 9.59 Å². The molecule has 16 heavy (non-hydrogen) atoms. The standard InChI is InChI=1S/C10H17N3O3/c1-7(6-12)9(14)13-8(10(15)16)4-2-3-5-11/h7-8H,2-5,11H2,1H3,(H,13,14)(H,15,16). The van der Waals surface area contributed by atoms with E-state index in [4.69, 9.17) is 16.1 Å². The number of carbonyl (C=O) groups is 2. The molecule has 0 fully saturated rings. The number of rotatable bonds is 7. The lowest BCUT2D eigenvalue weighted by Gasteiger charge is -2.14.